The highest BCUT2D eigenvalue weighted by molar-refractivity contribution is 7.92. The fourth-order valence-corrected chi connectivity index (χ4v) is 5.00. The second-order valence-electron chi connectivity index (χ2n) is 7.36. The van der Waals surface area contributed by atoms with E-state index in [1.165, 1.54) is 7.11 Å². The molecule has 2 N–H and O–H groups in total. The minimum absolute atomic E-state index is 0.243. The van der Waals surface area contributed by atoms with E-state index in [2.05, 4.69) is 0 Å². The summed E-state index contributed by atoms with van der Waals surface area (Å²) in [5.41, 5.74) is 8.90. The molecule has 150 valence electrons. The van der Waals surface area contributed by atoms with Crippen molar-refractivity contribution < 1.29 is 17.9 Å². The maximum absolute atomic E-state index is 13.2. The van der Waals surface area contributed by atoms with Gasteiger partial charge in [-0.25, -0.2) is 8.42 Å². The summed E-state index contributed by atoms with van der Waals surface area (Å²) in [5, 5.41) is 0.334. The summed E-state index contributed by atoms with van der Waals surface area (Å²) in [6.07, 6.45) is 3.88. The third kappa shape index (κ3) is 3.02. The van der Waals surface area contributed by atoms with Crippen molar-refractivity contribution in [2.24, 2.45) is 5.73 Å². The van der Waals surface area contributed by atoms with Gasteiger partial charge in [-0.05, 0) is 49.7 Å². The Morgan fingerprint density at radius 1 is 1.17 bits per heavy atom. The van der Waals surface area contributed by atoms with Gasteiger partial charge in [-0.3, -0.25) is 4.79 Å². The number of fused-ring (bicyclic) bond motifs is 5. The molecule has 3 aromatic rings. The van der Waals surface area contributed by atoms with Crippen LogP contribution < -0.4 is 10.5 Å². The van der Waals surface area contributed by atoms with E-state index in [9.17, 15) is 13.2 Å². The fourth-order valence-electron chi connectivity index (χ4n) is 3.71. The average Bonchev–Trinajstić information content (AvgIpc) is 2.94. The summed E-state index contributed by atoms with van der Waals surface area (Å²) in [5.74, 6) is -0.00646. The topological polar surface area (TPSA) is 91.4 Å². The third-order valence-electron chi connectivity index (χ3n) is 5.30. The molecular weight excluding hydrogens is 388 g/mol. The van der Waals surface area contributed by atoms with Gasteiger partial charge in [0, 0.05) is 28.6 Å². The molecule has 0 bridgehead atoms. The van der Waals surface area contributed by atoms with Crippen LogP contribution in [0.5, 0.6) is 5.75 Å². The van der Waals surface area contributed by atoms with Crippen molar-refractivity contribution in [2.75, 3.05) is 7.11 Å². The number of carbonyl (C=O) groups is 1. The summed E-state index contributed by atoms with van der Waals surface area (Å²) in [6.45, 7) is 3.88. The largest absolute Gasteiger partial charge is 0.497 e. The maximum Gasteiger partial charge on any atom is 0.248 e. The molecular formula is C22H22N2O4S. The molecule has 0 spiro atoms. The van der Waals surface area contributed by atoms with E-state index >= 15 is 0 Å². The highest BCUT2D eigenvalue weighted by Gasteiger charge is 2.28. The Morgan fingerprint density at radius 3 is 2.59 bits per heavy atom. The van der Waals surface area contributed by atoms with Crippen molar-refractivity contribution in [3.63, 3.8) is 0 Å². The lowest BCUT2D eigenvalue weighted by atomic mass is 10.0. The molecule has 0 unspecified atom stereocenters. The molecule has 0 saturated heterocycles. The predicted molar refractivity (Wildman–Crippen MR) is 114 cm³/mol. The first-order valence-corrected chi connectivity index (χ1v) is 10.8. The minimum atomic E-state index is -3.57. The number of allylic oxidation sites excluding steroid dienone is 1. The normalized spacial score (nSPS) is 13.2. The van der Waals surface area contributed by atoms with Gasteiger partial charge < -0.3 is 15.0 Å². The number of benzene rings is 2. The number of hydrogen-bond acceptors (Lipinski definition) is 4. The number of methoxy groups -OCH3 is 1. The first kappa shape index (κ1) is 19.3. The van der Waals surface area contributed by atoms with Crippen molar-refractivity contribution >= 4 is 32.7 Å². The molecule has 1 amide bonds. The fraction of sp³-hybridized carbons (Fsp3) is 0.227. The Labute approximate surface area is 169 Å². The molecule has 1 aromatic heterocycles. The molecule has 0 aliphatic carbocycles. The number of amides is 1. The third-order valence-corrected chi connectivity index (χ3v) is 7.48. The van der Waals surface area contributed by atoms with E-state index in [0.717, 1.165) is 22.2 Å². The Bertz CT molecular complexity index is 1280. The van der Waals surface area contributed by atoms with Gasteiger partial charge >= 0.3 is 0 Å². The molecule has 7 heteroatoms. The zero-order valence-electron chi connectivity index (χ0n) is 16.5. The number of carbonyl (C=O) groups excluding carboxylic acids is 1. The van der Waals surface area contributed by atoms with Crippen LogP contribution in [0.1, 0.15) is 29.8 Å². The van der Waals surface area contributed by atoms with Crippen LogP contribution in [-0.4, -0.2) is 31.3 Å². The van der Waals surface area contributed by atoms with E-state index in [4.69, 9.17) is 10.5 Å². The quantitative estimate of drug-likeness (QED) is 0.711. The zero-order chi connectivity index (χ0) is 20.9. The molecule has 0 fully saturated rings. The van der Waals surface area contributed by atoms with Gasteiger partial charge in [0.2, 0.25) is 5.91 Å². The van der Waals surface area contributed by atoms with E-state index in [1.54, 1.807) is 32.0 Å². The Hall–Kier alpha value is -3.06. The number of primary amides is 1. The van der Waals surface area contributed by atoms with Crippen LogP contribution in [0.25, 0.3) is 28.2 Å². The SMILES string of the molecule is COc1cc2c(c(S(=O)(=O)C(C)C)c1)-c1cc3ccc(C(N)=O)cc3n1CC=C2. The Morgan fingerprint density at radius 2 is 1.93 bits per heavy atom. The standard InChI is InChI=1S/C22H22N2O4S/c1-13(2)29(26,27)20-12-17(28-3)9-15-5-4-8-24-18-11-16(22(23)25)7-6-14(18)10-19(24)21(15)20/h4-7,9-13H,8H2,1-3H3,(H2,23,25). The van der Waals surface area contributed by atoms with Gasteiger partial charge in [0.15, 0.2) is 9.84 Å². The van der Waals surface area contributed by atoms with Crippen molar-refractivity contribution in [3.8, 4) is 17.0 Å². The molecule has 2 heterocycles. The lowest BCUT2D eigenvalue weighted by Crippen LogP contribution is -2.16. The van der Waals surface area contributed by atoms with Gasteiger partial charge in [0.1, 0.15) is 5.75 Å². The number of aromatic nitrogens is 1. The monoisotopic (exact) mass is 410 g/mol. The van der Waals surface area contributed by atoms with Crippen molar-refractivity contribution in [1.29, 1.82) is 0 Å². The molecule has 29 heavy (non-hydrogen) atoms. The molecule has 6 nitrogen and oxygen atoms in total. The summed E-state index contributed by atoms with van der Waals surface area (Å²) < 4.78 is 33.8. The molecule has 1 aliphatic rings. The van der Waals surface area contributed by atoms with Crippen molar-refractivity contribution in [3.05, 3.63) is 53.6 Å². The predicted octanol–water partition coefficient (Wildman–Crippen LogP) is 3.62. The lowest BCUT2D eigenvalue weighted by Gasteiger charge is -2.17. The number of hydrogen-bond donors (Lipinski definition) is 1. The molecule has 0 radical (unpaired) electrons. The van der Waals surface area contributed by atoms with Gasteiger partial charge in [0.25, 0.3) is 0 Å². The van der Waals surface area contributed by atoms with Crippen LogP contribution in [0.15, 0.2) is 47.4 Å². The van der Waals surface area contributed by atoms with Crippen LogP contribution in [-0.2, 0) is 16.4 Å². The highest BCUT2D eigenvalue weighted by atomic mass is 32.2. The van der Waals surface area contributed by atoms with E-state index in [0.29, 0.717) is 23.4 Å². The van der Waals surface area contributed by atoms with Gasteiger partial charge in [-0.2, -0.15) is 0 Å². The van der Waals surface area contributed by atoms with Crippen molar-refractivity contribution in [1.82, 2.24) is 4.57 Å². The smallest absolute Gasteiger partial charge is 0.248 e. The summed E-state index contributed by atoms with van der Waals surface area (Å²) >= 11 is 0. The molecule has 2 aromatic carbocycles. The van der Waals surface area contributed by atoms with Crippen LogP contribution in [0.2, 0.25) is 0 Å². The highest BCUT2D eigenvalue weighted by Crippen LogP contribution is 2.41. The number of rotatable bonds is 4. The first-order valence-electron chi connectivity index (χ1n) is 9.30. The Balaban J connectivity index is 2.11. The number of ether oxygens (including phenoxy) is 1. The lowest BCUT2D eigenvalue weighted by molar-refractivity contribution is 0.100. The summed E-state index contributed by atoms with van der Waals surface area (Å²) in [4.78, 5) is 11.9. The number of nitrogens with two attached hydrogens (primary N) is 1. The minimum Gasteiger partial charge on any atom is -0.497 e. The summed E-state index contributed by atoms with van der Waals surface area (Å²) in [6, 6.07) is 10.6. The van der Waals surface area contributed by atoms with E-state index in [-0.39, 0.29) is 4.90 Å². The molecule has 1 aliphatic heterocycles. The second kappa shape index (κ2) is 6.77. The zero-order valence-corrected chi connectivity index (χ0v) is 17.3. The first-order chi connectivity index (χ1) is 13.7. The van der Waals surface area contributed by atoms with Gasteiger partial charge in [-0.15, -0.1) is 0 Å². The second-order valence-corrected chi connectivity index (χ2v) is 9.84. The van der Waals surface area contributed by atoms with Crippen LogP contribution in [0.4, 0.5) is 0 Å². The molecule has 4 rings (SSSR count). The van der Waals surface area contributed by atoms with Crippen LogP contribution in [0, 0.1) is 0 Å². The van der Waals surface area contributed by atoms with Gasteiger partial charge in [0.05, 0.1) is 22.9 Å². The average molecular weight is 410 g/mol. The maximum atomic E-state index is 13.2. The van der Waals surface area contributed by atoms with Crippen LogP contribution >= 0.6 is 0 Å². The van der Waals surface area contributed by atoms with Crippen molar-refractivity contribution in [2.45, 2.75) is 30.5 Å². The number of nitrogens with zero attached hydrogens (tertiary/aromatic N) is 1. The Kier molecular flexibility index (Phi) is 4.50. The van der Waals surface area contributed by atoms with Gasteiger partial charge in [-0.1, -0.05) is 18.2 Å². The summed E-state index contributed by atoms with van der Waals surface area (Å²) in [7, 11) is -2.05. The van der Waals surface area contributed by atoms with E-state index in [1.807, 2.05) is 34.9 Å². The molecule has 0 atom stereocenters. The number of sulfone groups is 1. The molecule has 0 saturated carbocycles. The van der Waals surface area contributed by atoms with E-state index < -0.39 is 21.0 Å². The van der Waals surface area contributed by atoms with Crippen LogP contribution in [0.3, 0.4) is 0 Å².